The molecule has 78 valence electrons. The first-order valence-electron chi connectivity index (χ1n) is 4.46. The van der Waals surface area contributed by atoms with Gasteiger partial charge in [0.05, 0.1) is 11.9 Å². The van der Waals surface area contributed by atoms with Gasteiger partial charge in [-0.15, -0.1) is 5.10 Å². The first-order valence-corrected chi connectivity index (χ1v) is 5.24. The normalized spacial score (nSPS) is 10.5. The standard InChI is InChI=1S/C9H10N4OS/c1-6-9(15-12-11-6)8(14)3-7-4-10-13(2)5-7/h4-5H,3H2,1-2H3. The largest absolute Gasteiger partial charge is 0.293 e. The molecule has 0 aliphatic rings. The van der Waals surface area contributed by atoms with E-state index in [4.69, 9.17) is 0 Å². The molecule has 0 radical (unpaired) electrons. The minimum atomic E-state index is 0.0514. The van der Waals surface area contributed by atoms with Crippen molar-refractivity contribution in [2.45, 2.75) is 13.3 Å². The summed E-state index contributed by atoms with van der Waals surface area (Å²) in [4.78, 5) is 12.4. The quantitative estimate of drug-likeness (QED) is 0.727. The van der Waals surface area contributed by atoms with Crippen LogP contribution in [0.2, 0.25) is 0 Å². The van der Waals surface area contributed by atoms with Crippen LogP contribution in [0.3, 0.4) is 0 Å². The summed E-state index contributed by atoms with van der Waals surface area (Å²) >= 11 is 1.15. The maximum absolute atomic E-state index is 11.8. The Labute approximate surface area is 90.9 Å². The third-order valence-corrected chi connectivity index (χ3v) is 2.90. The Hall–Kier alpha value is -1.56. The number of rotatable bonds is 3. The zero-order valence-electron chi connectivity index (χ0n) is 8.47. The van der Waals surface area contributed by atoms with E-state index in [0.717, 1.165) is 17.1 Å². The smallest absolute Gasteiger partial charge is 0.180 e. The van der Waals surface area contributed by atoms with E-state index < -0.39 is 0 Å². The molecule has 0 spiro atoms. The van der Waals surface area contributed by atoms with Gasteiger partial charge in [-0.2, -0.15) is 5.10 Å². The Bertz CT molecular complexity index is 488. The van der Waals surface area contributed by atoms with E-state index in [1.54, 1.807) is 17.8 Å². The first-order chi connectivity index (χ1) is 7.16. The Kier molecular flexibility index (Phi) is 2.59. The summed E-state index contributed by atoms with van der Waals surface area (Å²) in [6.45, 7) is 1.79. The number of Topliss-reactive ketones (excluding diaryl/α,β-unsaturated/α-hetero) is 1. The minimum absolute atomic E-state index is 0.0514. The summed E-state index contributed by atoms with van der Waals surface area (Å²) in [6.07, 6.45) is 3.89. The highest BCUT2D eigenvalue weighted by molar-refractivity contribution is 7.08. The molecule has 2 heterocycles. The molecular weight excluding hydrogens is 212 g/mol. The van der Waals surface area contributed by atoms with E-state index in [2.05, 4.69) is 14.7 Å². The number of aromatic nitrogens is 4. The van der Waals surface area contributed by atoms with Crippen LogP contribution in [0.1, 0.15) is 20.9 Å². The summed E-state index contributed by atoms with van der Waals surface area (Å²) in [5.41, 5.74) is 1.61. The molecule has 2 aromatic heterocycles. The van der Waals surface area contributed by atoms with E-state index in [9.17, 15) is 4.79 Å². The van der Waals surface area contributed by atoms with Crippen LogP contribution in [-0.4, -0.2) is 25.2 Å². The van der Waals surface area contributed by atoms with Crippen molar-refractivity contribution in [3.63, 3.8) is 0 Å². The molecule has 6 heteroatoms. The van der Waals surface area contributed by atoms with Gasteiger partial charge in [0.15, 0.2) is 5.78 Å². The molecule has 0 unspecified atom stereocenters. The topological polar surface area (TPSA) is 60.7 Å². The predicted octanol–water partition coefficient (Wildman–Crippen LogP) is 1.01. The molecule has 2 rings (SSSR count). The number of nitrogens with zero attached hydrogens (tertiary/aromatic N) is 4. The fourth-order valence-electron chi connectivity index (χ4n) is 1.32. The fourth-order valence-corrected chi connectivity index (χ4v) is 1.91. The van der Waals surface area contributed by atoms with Gasteiger partial charge in [-0.3, -0.25) is 9.48 Å². The third kappa shape index (κ3) is 2.10. The van der Waals surface area contributed by atoms with Crippen molar-refractivity contribution in [3.8, 4) is 0 Å². The molecule has 5 nitrogen and oxygen atoms in total. The lowest BCUT2D eigenvalue weighted by Gasteiger charge is -1.94. The Morgan fingerprint density at radius 1 is 1.60 bits per heavy atom. The van der Waals surface area contributed by atoms with Crippen LogP contribution in [0, 0.1) is 6.92 Å². The highest BCUT2D eigenvalue weighted by atomic mass is 32.1. The maximum Gasteiger partial charge on any atom is 0.180 e. The molecule has 0 aliphatic carbocycles. The van der Waals surface area contributed by atoms with E-state index >= 15 is 0 Å². The average molecular weight is 222 g/mol. The van der Waals surface area contributed by atoms with Crippen LogP contribution in [0.25, 0.3) is 0 Å². The van der Waals surface area contributed by atoms with Gasteiger partial charge in [0.2, 0.25) is 0 Å². The van der Waals surface area contributed by atoms with Crippen LogP contribution in [0.5, 0.6) is 0 Å². The molecule has 0 saturated heterocycles. The van der Waals surface area contributed by atoms with Gasteiger partial charge in [0, 0.05) is 19.7 Å². The van der Waals surface area contributed by atoms with Crippen molar-refractivity contribution >= 4 is 17.3 Å². The van der Waals surface area contributed by atoms with Gasteiger partial charge in [-0.25, -0.2) is 0 Å². The van der Waals surface area contributed by atoms with Crippen LogP contribution < -0.4 is 0 Å². The molecule has 0 bridgehead atoms. The third-order valence-electron chi connectivity index (χ3n) is 2.03. The summed E-state index contributed by atoms with van der Waals surface area (Å²) in [6, 6.07) is 0. The van der Waals surface area contributed by atoms with Crippen LogP contribution in [0.4, 0.5) is 0 Å². The second kappa shape index (κ2) is 3.90. The maximum atomic E-state index is 11.8. The van der Waals surface area contributed by atoms with Gasteiger partial charge in [-0.05, 0) is 24.0 Å². The molecule has 15 heavy (non-hydrogen) atoms. The monoisotopic (exact) mass is 222 g/mol. The summed E-state index contributed by atoms with van der Waals surface area (Å²) in [5.74, 6) is 0.0514. The van der Waals surface area contributed by atoms with E-state index in [-0.39, 0.29) is 5.78 Å². The van der Waals surface area contributed by atoms with Gasteiger partial charge in [-0.1, -0.05) is 4.49 Å². The fraction of sp³-hybridized carbons (Fsp3) is 0.333. The molecule has 2 aromatic rings. The number of hydrogen-bond donors (Lipinski definition) is 0. The van der Waals surface area contributed by atoms with E-state index in [1.165, 1.54) is 0 Å². The number of hydrogen-bond acceptors (Lipinski definition) is 5. The second-order valence-electron chi connectivity index (χ2n) is 3.31. The zero-order chi connectivity index (χ0) is 10.8. The summed E-state index contributed by atoms with van der Waals surface area (Å²) in [7, 11) is 1.83. The van der Waals surface area contributed by atoms with Crippen LogP contribution >= 0.6 is 11.5 Å². The van der Waals surface area contributed by atoms with Gasteiger partial charge in [0.1, 0.15) is 4.88 Å². The molecule has 0 fully saturated rings. The molecule has 0 aromatic carbocycles. The first kappa shape index (κ1) is 9.97. The lowest BCUT2D eigenvalue weighted by atomic mass is 10.1. The van der Waals surface area contributed by atoms with E-state index in [0.29, 0.717) is 17.0 Å². The number of carbonyl (C=O) groups is 1. The predicted molar refractivity (Wildman–Crippen MR) is 55.9 cm³/mol. The highest BCUT2D eigenvalue weighted by Gasteiger charge is 2.14. The lowest BCUT2D eigenvalue weighted by molar-refractivity contribution is 0.0996. The van der Waals surface area contributed by atoms with Crippen molar-refractivity contribution < 1.29 is 4.79 Å². The number of ketones is 1. The van der Waals surface area contributed by atoms with Crippen molar-refractivity contribution in [1.29, 1.82) is 0 Å². The Morgan fingerprint density at radius 2 is 2.40 bits per heavy atom. The zero-order valence-corrected chi connectivity index (χ0v) is 9.28. The van der Waals surface area contributed by atoms with E-state index in [1.807, 2.05) is 13.2 Å². The minimum Gasteiger partial charge on any atom is -0.293 e. The van der Waals surface area contributed by atoms with Gasteiger partial charge in [0.25, 0.3) is 0 Å². The average Bonchev–Trinajstić information content (AvgIpc) is 2.75. The van der Waals surface area contributed by atoms with Crippen molar-refractivity contribution in [1.82, 2.24) is 19.4 Å². The molecular formula is C9H10N4OS. The number of carbonyl (C=O) groups excluding carboxylic acids is 1. The Morgan fingerprint density at radius 3 is 2.93 bits per heavy atom. The van der Waals surface area contributed by atoms with Crippen molar-refractivity contribution in [3.05, 3.63) is 28.5 Å². The Balaban J connectivity index is 2.14. The highest BCUT2D eigenvalue weighted by Crippen LogP contribution is 2.12. The van der Waals surface area contributed by atoms with Crippen molar-refractivity contribution in [2.24, 2.45) is 7.05 Å². The van der Waals surface area contributed by atoms with Gasteiger partial charge >= 0.3 is 0 Å². The summed E-state index contributed by atoms with van der Waals surface area (Å²) in [5, 5.41) is 7.82. The molecule has 0 aliphatic heterocycles. The lowest BCUT2D eigenvalue weighted by Crippen LogP contribution is -2.02. The number of aryl methyl sites for hydroxylation is 2. The molecule has 0 N–H and O–H groups in total. The molecule has 0 saturated carbocycles. The SMILES string of the molecule is Cc1nnsc1C(=O)Cc1cnn(C)c1. The molecule has 0 amide bonds. The van der Waals surface area contributed by atoms with Crippen LogP contribution in [0.15, 0.2) is 12.4 Å². The van der Waals surface area contributed by atoms with Crippen molar-refractivity contribution in [2.75, 3.05) is 0 Å². The molecule has 0 atom stereocenters. The summed E-state index contributed by atoms with van der Waals surface area (Å²) < 4.78 is 5.42. The second-order valence-corrected chi connectivity index (χ2v) is 4.06. The van der Waals surface area contributed by atoms with Gasteiger partial charge < -0.3 is 0 Å². The van der Waals surface area contributed by atoms with Crippen LogP contribution in [-0.2, 0) is 13.5 Å².